The van der Waals surface area contributed by atoms with Gasteiger partial charge >= 0.3 is 0 Å². The van der Waals surface area contributed by atoms with Crippen LogP contribution in [0, 0.1) is 6.92 Å². The van der Waals surface area contributed by atoms with E-state index in [1.165, 1.54) is 11.8 Å². The van der Waals surface area contributed by atoms with Gasteiger partial charge in [0.15, 0.2) is 0 Å². The predicted molar refractivity (Wildman–Crippen MR) is 130 cm³/mol. The van der Waals surface area contributed by atoms with Crippen molar-refractivity contribution < 1.29 is 9.53 Å². The normalized spacial score (nSPS) is 15.0. The first kappa shape index (κ1) is 21.1. The molecule has 0 aliphatic carbocycles. The summed E-state index contributed by atoms with van der Waals surface area (Å²) in [4.78, 5) is 15.0. The number of benzene rings is 2. The van der Waals surface area contributed by atoms with E-state index in [1.54, 1.807) is 18.1 Å². The summed E-state index contributed by atoms with van der Waals surface area (Å²) in [6.07, 6.45) is 5.47. The Morgan fingerprint density at radius 2 is 2.00 bits per heavy atom. The molecule has 1 aliphatic heterocycles. The Bertz CT molecular complexity index is 1200. The van der Waals surface area contributed by atoms with Crippen LogP contribution in [0.1, 0.15) is 11.1 Å². The lowest BCUT2D eigenvalue weighted by Gasteiger charge is -2.10. The van der Waals surface area contributed by atoms with Gasteiger partial charge in [-0.3, -0.25) is 9.69 Å². The molecule has 3 aromatic rings. The average Bonchev–Trinajstić information content (AvgIpc) is 3.31. The van der Waals surface area contributed by atoms with Crippen LogP contribution in [-0.4, -0.2) is 38.6 Å². The molecule has 156 valence electrons. The number of rotatable bonds is 6. The molecule has 1 amide bonds. The molecule has 1 aliphatic rings. The van der Waals surface area contributed by atoms with E-state index in [2.05, 4.69) is 6.58 Å². The van der Waals surface area contributed by atoms with Crippen molar-refractivity contribution in [2.75, 3.05) is 13.7 Å². The number of aromatic nitrogens is 2. The molecule has 0 radical (unpaired) electrons. The molecular formula is C24H21N3O2S2. The number of carbonyl (C=O) groups is 1. The zero-order chi connectivity index (χ0) is 22.0. The SMILES string of the molecule is C=CCN1C(=O)/C(=C\c2cn(-c3ccccc3)nc2-c2ccc(OC)c(C)c2)SC1=S. The molecule has 7 heteroatoms. The van der Waals surface area contributed by atoms with Crippen molar-refractivity contribution in [2.45, 2.75) is 6.92 Å². The fourth-order valence-electron chi connectivity index (χ4n) is 3.38. The van der Waals surface area contributed by atoms with Crippen molar-refractivity contribution in [2.24, 2.45) is 0 Å². The van der Waals surface area contributed by atoms with Crippen LogP contribution in [0.5, 0.6) is 5.75 Å². The number of nitrogens with zero attached hydrogens (tertiary/aromatic N) is 3. The third-order valence-electron chi connectivity index (χ3n) is 4.90. The van der Waals surface area contributed by atoms with Crippen LogP contribution in [-0.2, 0) is 4.79 Å². The van der Waals surface area contributed by atoms with Gasteiger partial charge in [0.2, 0.25) is 0 Å². The molecular weight excluding hydrogens is 426 g/mol. The van der Waals surface area contributed by atoms with Crippen LogP contribution in [0.3, 0.4) is 0 Å². The Labute approximate surface area is 191 Å². The maximum absolute atomic E-state index is 12.8. The smallest absolute Gasteiger partial charge is 0.266 e. The highest BCUT2D eigenvalue weighted by atomic mass is 32.2. The van der Waals surface area contributed by atoms with Crippen molar-refractivity contribution in [1.29, 1.82) is 0 Å². The molecule has 1 aromatic heterocycles. The minimum atomic E-state index is -0.112. The predicted octanol–water partition coefficient (Wildman–Crippen LogP) is 5.24. The third-order valence-corrected chi connectivity index (χ3v) is 6.28. The van der Waals surface area contributed by atoms with Gasteiger partial charge < -0.3 is 4.74 Å². The number of hydrogen-bond donors (Lipinski definition) is 0. The van der Waals surface area contributed by atoms with Crippen molar-refractivity contribution in [1.82, 2.24) is 14.7 Å². The first-order chi connectivity index (χ1) is 15.0. The molecule has 4 rings (SSSR count). The highest BCUT2D eigenvalue weighted by Gasteiger charge is 2.31. The van der Waals surface area contributed by atoms with E-state index in [-0.39, 0.29) is 5.91 Å². The van der Waals surface area contributed by atoms with Crippen LogP contribution in [0.2, 0.25) is 0 Å². The minimum Gasteiger partial charge on any atom is -0.496 e. The summed E-state index contributed by atoms with van der Waals surface area (Å²) in [6, 6.07) is 15.8. The maximum atomic E-state index is 12.8. The Morgan fingerprint density at radius 3 is 2.68 bits per heavy atom. The van der Waals surface area contributed by atoms with Crippen LogP contribution < -0.4 is 4.74 Å². The van der Waals surface area contributed by atoms with Crippen molar-refractivity contribution in [3.8, 4) is 22.7 Å². The van der Waals surface area contributed by atoms with Gasteiger partial charge in [0, 0.05) is 23.9 Å². The van der Waals surface area contributed by atoms with E-state index in [0.29, 0.717) is 15.8 Å². The van der Waals surface area contributed by atoms with Gasteiger partial charge in [0.05, 0.1) is 17.7 Å². The number of hydrogen-bond acceptors (Lipinski definition) is 5. The largest absolute Gasteiger partial charge is 0.496 e. The van der Waals surface area contributed by atoms with Gasteiger partial charge in [0.25, 0.3) is 5.91 Å². The second-order valence-electron chi connectivity index (χ2n) is 6.98. The standard InChI is InChI=1S/C24H21N3O2S2/c1-4-12-26-23(28)21(31-24(26)30)14-18-15-27(19-8-6-5-7-9-19)25-22(18)17-10-11-20(29-3)16(2)13-17/h4-11,13-15H,1,12H2,2-3H3/b21-14+. The number of thioether (sulfide) groups is 1. The quantitative estimate of drug-likeness (QED) is 0.294. The Kier molecular flexibility index (Phi) is 6.06. The molecule has 0 atom stereocenters. The molecule has 31 heavy (non-hydrogen) atoms. The van der Waals surface area contributed by atoms with E-state index >= 15 is 0 Å². The second kappa shape index (κ2) is 8.91. The van der Waals surface area contributed by atoms with Crippen molar-refractivity contribution >= 4 is 40.3 Å². The van der Waals surface area contributed by atoms with Gasteiger partial charge in [-0.25, -0.2) is 4.68 Å². The summed E-state index contributed by atoms with van der Waals surface area (Å²) in [5.74, 6) is 0.706. The number of ether oxygens (including phenoxy) is 1. The fourth-order valence-corrected chi connectivity index (χ4v) is 4.65. The summed E-state index contributed by atoms with van der Waals surface area (Å²) in [7, 11) is 1.66. The Hall–Kier alpha value is -3.16. The van der Waals surface area contributed by atoms with Crippen LogP contribution in [0.25, 0.3) is 23.0 Å². The summed E-state index contributed by atoms with van der Waals surface area (Å²) >= 11 is 6.67. The van der Waals surface area contributed by atoms with Crippen LogP contribution >= 0.6 is 24.0 Å². The number of para-hydroxylation sites is 1. The first-order valence-electron chi connectivity index (χ1n) is 9.68. The molecule has 0 saturated carbocycles. The zero-order valence-electron chi connectivity index (χ0n) is 17.2. The maximum Gasteiger partial charge on any atom is 0.266 e. The van der Waals surface area contributed by atoms with Gasteiger partial charge in [-0.15, -0.1) is 6.58 Å². The molecule has 0 unspecified atom stereocenters. The summed E-state index contributed by atoms with van der Waals surface area (Å²) in [6.45, 7) is 6.10. The lowest BCUT2D eigenvalue weighted by Crippen LogP contribution is -2.27. The topological polar surface area (TPSA) is 47.4 Å². The van der Waals surface area contributed by atoms with Crippen molar-refractivity contribution in [3.05, 3.63) is 83.4 Å². The number of carbonyl (C=O) groups excluding carboxylic acids is 1. The van der Waals surface area contributed by atoms with Crippen LogP contribution in [0.4, 0.5) is 0 Å². The molecule has 0 bridgehead atoms. The number of amides is 1. The van der Waals surface area contributed by atoms with E-state index in [9.17, 15) is 4.79 Å². The zero-order valence-corrected chi connectivity index (χ0v) is 18.9. The first-order valence-corrected chi connectivity index (χ1v) is 10.9. The van der Waals surface area contributed by atoms with Crippen LogP contribution in [0.15, 0.2) is 72.3 Å². The Morgan fingerprint density at radius 1 is 1.23 bits per heavy atom. The van der Waals surface area contributed by atoms with E-state index in [1.807, 2.05) is 72.4 Å². The Balaban J connectivity index is 1.82. The molecule has 2 aromatic carbocycles. The minimum absolute atomic E-state index is 0.112. The molecule has 0 spiro atoms. The lowest BCUT2D eigenvalue weighted by molar-refractivity contribution is -0.121. The molecule has 0 N–H and O–H groups in total. The molecule has 1 saturated heterocycles. The van der Waals surface area contributed by atoms with E-state index in [4.69, 9.17) is 22.1 Å². The van der Waals surface area contributed by atoms with Gasteiger partial charge in [0.1, 0.15) is 15.8 Å². The summed E-state index contributed by atoms with van der Waals surface area (Å²) in [5, 5.41) is 4.84. The second-order valence-corrected chi connectivity index (χ2v) is 8.65. The monoisotopic (exact) mass is 447 g/mol. The average molecular weight is 448 g/mol. The summed E-state index contributed by atoms with van der Waals surface area (Å²) in [5.41, 5.74) is 4.52. The third kappa shape index (κ3) is 4.19. The summed E-state index contributed by atoms with van der Waals surface area (Å²) < 4.78 is 7.76. The van der Waals surface area contributed by atoms with E-state index < -0.39 is 0 Å². The fraction of sp³-hybridized carbons (Fsp3) is 0.125. The number of aryl methyl sites for hydroxylation is 1. The molecule has 1 fully saturated rings. The van der Waals surface area contributed by atoms with Gasteiger partial charge in [-0.2, -0.15) is 5.10 Å². The number of methoxy groups -OCH3 is 1. The van der Waals surface area contributed by atoms with Gasteiger partial charge in [-0.05, 0) is 48.9 Å². The van der Waals surface area contributed by atoms with Gasteiger partial charge in [-0.1, -0.05) is 48.3 Å². The van der Waals surface area contributed by atoms with E-state index in [0.717, 1.165) is 33.8 Å². The molecule has 2 heterocycles. The van der Waals surface area contributed by atoms with Crippen molar-refractivity contribution in [3.63, 3.8) is 0 Å². The number of thiocarbonyl (C=S) groups is 1. The highest BCUT2D eigenvalue weighted by Crippen LogP contribution is 2.35. The highest BCUT2D eigenvalue weighted by molar-refractivity contribution is 8.26. The lowest BCUT2D eigenvalue weighted by atomic mass is 10.0. The molecule has 5 nitrogen and oxygen atoms in total.